The monoisotopic (exact) mass is 521 g/mol. The van der Waals surface area contributed by atoms with Crippen LogP contribution in [-0.2, 0) is 32.6 Å². The Morgan fingerprint density at radius 3 is 2.22 bits per heavy atom. The maximum absolute atomic E-state index is 13.4. The molecule has 3 aromatic rings. The summed E-state index contributed by atoms with van der Waals surface area (Å²) in [5.41, 5.74) is 0.360. The highest BCUT2D eigenvalue weighted by Crippen LogP contribution is 2.39. The van der Waals surface area contributed by atoms with Crippen molar-refractivity contribution in [2.24, 2.45) is 0 Å². The van der Waals surface area contributed by atoms with E-state index in [0.717, 1.165) is 17.2 Å². The Labute approximate surface area is 215 Å². The van der Waals surface area contributed by atoms with E-state index in [4.69, 9.17) is 4.74 Å². The van der Waals surface area contributed by atoms with Gasteiger partial charge in [0.15, 0.2) is 4.90 Å². The number of carbonyl (C=O) groups is 1. The molecular weight excluding hydrogens is 494 g/mol. The molecule has 1 aliphatic rings. The standard InChI is InChI=1S/C27H27N3O6S/c1-20(26(31)36-18-23-13-7-4-8-14-23)29-19-27(21(29)2,17-22-11-5-3-6-12-22)28-37(34,35)25-16-10-9-15-24(25)30(32)33/h3-16,20,28H,2,17-19H2,1H3/t20-,27+/m0/s1. The molecule has 9 nitrogen and oxygen atoms in total. The molecule has 0 aromatic heterocycles. The molecule has 2 atom stereocenters. The topological polar surface area (TPSA) is 119 Å². The first-order valence-corrected chi connectivity index (χ1v) is 13.1. The number of para-hydroxylation sites is 1. The molecule has 0 unspecified atom stereocenters. The number of ether oxygens (including phenoxy) is 1. The van der Waals surface area contributed by atoms with Crippen LogP contribution in [0.1, 0.15) is 18.1 Å². The van der Waals surface area contributed by atoms with Crippen molar-refractivity contribution in [1.82, 2.24) is 9.62 Å². The van der Waals surface area contributed by atoms with Gasteiger partial charge in [-0.15, -0.1) is 0 Å². The molecule has 1 fully saturated rings. The van der Waals surface area contributed by atoms with Crippen LogP contribution in [0.25, 0.3) is 0 Å². The van der Waals surface area contributed by atoms with Crippen LogP contribution in [0.2, 0.25) is 0 Å². The number of hydrogen-bond donors (Lipinski definition) is 1. The van der Waals surface area contributed by atoms with Gasteiger partial charge < -0.3 is 9.64 Å². The minimum absolute atomic E-state index is 0.115. The van der Waals surface area contributed by atoms with Crippen molar-refractivity contribution >= 4 is 21.7 Å². The van der Waals surface area contributed by atoms with E-state index in [1.807, 2.05) is 60.7 Å². The van der Waals surface area contributed by atoms with Crippen LogP contribution < -0.4 is 4.72 Å². The van der Waals surface area contributed by atoms with Crippen LogP contribution in [0.5, 0.6) is 0 Å². The third-order valence-corrected chi connectivity index (χ3v) is 7.99. The molecule has 0 amide bonds. The lowest BCUT2D eigenvalue weighted by atomic mass is 9.80. The zero-order chi connectivity index (χ0) is 26.6. The Balaban J connectivity index is 1.57. The van der Waals surface area contributed by atoms with Gasteiger partial charge in [0, 0.05) is 18.3 Å². The van der Waals surface area contributed by atoms with Crippen LogP contribution >= 0.6 is 0 Å². The lowest BCUT2D eigenvalue weighted by molar-refractivity contribution is -0.387. The van der Waals surface area contributed by atoms with E-state index in [-0.39, 0.29) is 19.6 Å². The number of nitrogens with zero attached hydrogens (tertiary/aromatic N) is 2. The predicted octanol–water partition coefficient (Wildman–Crippen LogP) is 3.82. The Bertz CT molecular complexity index is 1410. The summed E-state index contributed by atoms with van der Waals surface area (Å²) in [5.74, 6) is -0.472. The number of benzene rings is 3. The van der Waals surface area contributed by atoms with Crippen molar-refractivity contribution in [1.29, 1.82) is 0 Å². The van der Waals surface area contributed by atoms with Crippen LogP contribution in [0, 0.1) is 10.1 Å². The van der Waals surface area contributed by atoms with Crippen molar-refractivity contribution in [2.45, 2.75) is 36.4 Å². The zero-order valence-corrected chi connectivity index (χ0v) is 21.1. The highest BCUT2D eigenvalue weighted by Gasteiger charge is 2.52. The molecule has 1 aliphatic heterocycles. The number of nitrogens with one attached hydrogen (secondary N) is 1. The van der Waals surface area contributed by atoms with Gasteiger partial charge in [-0.05, 0) is 30.5 Å². The van der Waals surface area contributed by atoms with Crippen molar-refractivity contribution in [3.05, 3.63) is 118 Å². The van der Waals surface area contributed by atoms with Gasteiger partial charge in [0.2, 0.25) is 10.0 Å². The van der Waals surface area contributed by atoms with Gasteiger partial charge in [0.25, 0.3) is 5.69 Å². The van der Waals surface area contributed by atoms with E-state index in [1.54, 1.807) is 11.8 Å². The van der Waals surface area contributed by atoms with Gasteiger partial charge in [0.05, 0.1) is 10.5 Å². The van der Waals surface area contributed by atoms with Crippen molar-refractivity contribution in [2.75, 3.05) is 6.54 Å². The van der Waals surface area contributed by atoms with Gasteiger partial charge in [-0.25, -0.2) is 13.2 Å². The third kappa shape index (κ3) is 5.55. The van der Waals surface area contributed by atoms with Crippen LogP contribution in [-0.4, -0.2) is 42.3 Å². The number of nitro groups is 1. The first kappa shape index (κ1) is 26.1. The molecule has 0 spiro atoms. The summed E-state index contributed by atoms with van der Waals surface area (Å²) in [5, 5.41) is 11.5. The lowest BCUT2D eigenvalue weighted by Crippen LogP contribution is -2.71. The second-order valence-corrected chi connectivity index (χ2v) is 10.6. The summed E-state index contributed by atoms with van der Waals surface area (Å²) in [6, 6.07) is 23.0. The van der Waals surface area contributed by atoms with E-state index in [0.29, 0.717) is 5.70 Å². The number of nitro benzene ring substituents is 1. The molecule has 0 bridgehead atoms. The van der Waals surface area contributed by atoms with Crippen LogP contribution in [0.3, 0.4) is 0 Å². The largest absolute Gasteiger partial charge is 0.459 e. The summed E-state index contributed by atoms with van der Waals surface area (Å²) in [6.07, 6.45) is 0.245. The van der Waals surface area contributed by atoms with Crippen LogP contribution in [0.4, 0.5) is 5.69 Å². The van der Waals surface area contributed by atoms with Gasteiger partial charge in [0.1, 0.15) is 12.6 Å². The molecule has 0 aliphatic carbocycles. The second-order valence-electron chi connectivity index (χ2n) is 8.92. The van der Waals surface area contributed by atoms with Gasteiger partial charge in [-0.2, -0.15) is 4.72 Å². The maximum atomic E-state index is 13.4. The maximum Gasteiger partial charge on any atom is 0.328 e. The molecule has 10 heteroatoms. The summed E-state index contributed by atoms with van der Waals surface area (Å²) < 4.78 is 34.9. The van der Waals surface area contributed by atoms with E-state index in [1.165, 1.54) is 18.2 Å². The molecule has 3 aromatic carbocycles. The zero-order valence-electron chi connectivity index (χ0n) is 20.2. The fourth-order valence-corrected chi connectivity index (χ4v) is 5.94. The van der Waals surface area contributed by atoms with E-state index < -0.39 is 43.1 Å². The molecule has 4 rings (SSSR count). The summed E-state index contributed by atoms with van der Waals surface area (Å²) in [7, 11) is -4.32. The third-order valence-electron chi connectivity index (χ3n) is 6.40. The lowest BCUT2D eigenvalue weighted by Gasteiger charge is -2.55. The van der Waals surface area contributed by atoms with Crippen molar-refractivity contribution in [3.63, 3.8) is 0 Å². The summed E-state index contributed by atoms with van der Waals surface area (Å²) in [6.45, 7) is 6.02. The van der Waals surface area contributed by atoms with Crippen molar-refractivity contribution < 1.29 is 22.9 Å². The number of esters is 1. The van der Waals surface area contributed by atoms with Crippen LogP contribution in [0.15, 0.2) is 102 Å². The highest BCUT2D eigenvalue weighted by molar-refractivity contribution is 7.89. The molecular formula is C27H27N3O6S. The van der Waals surface area contributed by atoms with Gasteiger partial charge >= 0.3 is 5.97 Å². The number of likely N-dealkylation sites (tertiary alicyclic amines) is 1. The Kier molecular flexibility index (Phi) is 7.42. The SMILES string of the molecule is C=C1N([C@@H](C)C(=O)OCc2ccccc2)C[C@@]1(Cc1ccccc1)NS(=O)(=O)c1ccccc1[N+](=O)[O-]. The summed E-state index contributed by atoms with van der Waals surface area (Å²) >= 11 is 0. The fourth-order valence-electron chi connectivity index (χ4n) is 4.39. The molecule has 192 valence electrons. The molecule has 37 heavy (non-hydrogen) atoms. The van der Waals surface area contributed by atoms with E-state index in [9.17, 15) is 23.3 Å². The number of rotatable bonds is 10. The second kappa shape index (κ2) is 10.5. The Morgan fingerprint density at radius 1 is 1.05 bits per heavy atom. The van der Waals surface area contributed by atoms with Gasteiger partial charge in [-0.1, -0.05) is 79.4 Å². The average Bonchev–Trinajstić information content (AvgIpc) is 2.90. The van der Waals surface area contributed by atoms with E-state index >= 15 is 0 Å². The first-order valence-electron chi connectivity index (χ1n) is 11.6. The number of hydrogen-bond acceptors (Lipinski definition) is 7. The van der Waals surface area contributed by atoms with Crippen molar-refractivity contribution in [3.8, 4) is 0 Å². The minimum atomic E-state index is -4.32. The first-order chi connectivity index (χ1) is 17.6. The molecule has 1 heterocycles. The highest BCUT2D eigenvalue weighted by atomic mass is 32.2. The van der Waals surface area contributed by atoms with Gasteiger partial charge in [-0.3, -0.25) is 10.1 Å². The summed E-state index contributed by atoms with van der Waals surface area (Å²) in [4.78, 5) is 24.8. The fraction of sp³-hybridized carbons (Fsp3) is 0.222. The smallest absolute Gasteiger partial charge is 0.328 e. The Morgan fingerprint density at radius 2 is 1.62 bits per heavy atom. The minimum Gasteiger partial charge on any atom is -0.459 e. The average molecular weight is 522 g/mol. The molecule has 0 saturated carbocycles. The van der Waals surface area contributed by atoms with E-state index in [2.05, 4.69) is 11.3 Å². The number of sulfonamides is 1. The quantitative estimate of drug-likeness (QED) is 0.245. The Hall–Kier alpha value is -4.02. The normalized spacial score (nSPS) is 18.1. The molecule has 0 radical (unpaired) electrons. The molecule has 1 N–H and O–H groups in total. The number of carbonyl (C=O) groups excluding carboxylic acids is 1. The predicted molar refractivity (Wildman–Crippen MR) is 138 cm³/mol. The molecule has 1 saturated heterocycles.